The molecular weight excluding hydrogens is 280 g/mol. The molecule has 0 aliphatic heterocycles. The van der Waals surface area contributed by atoms with Crippen molar-refractivity contribution in [1.29, 1.82) is 0 Å². The molecule has 0 radical (unpaired) electrons. The Morgan fingerprint density at radius 2 is 1.33 bits per heavy atom. The van der Waals surface area contributed by atoms with E-state index < -0.39 is 0 Å². The van der Waals surface area contributed by atoms with Crippen molar-refractivity contribution in [3.8, 4) is 0 Å². The summed E-state index contributed by atoms with van der Waals surface area (Å²) >= 11 is 5.27. The number of amides is 1. The molecule has 3 nitrogen and oxygen atoms in total. The van der Waals surface area contributed by atoms with E-state index in [0.717, 1.165) is 12.8 Å². The summed E-state index contributed by atoms with van der Waals surface area (Å²) in [5, 5.41) is 6.66. The average Bonchev–Trinajstić information content (AvgIpc) is 2.41. The van der Waals surface area contributed by atoms with Crippen molar-refractivity contribution in [2.45, 2.75) is 90.5 Å². The monoisotopic (exact) mass is 312 g/mol. The first-order chi connectivity index (χ1) is 10.1. The summed E-state index contributed by atoms with van der Waals surface area (Å²) in [6, 6.07) is 0.421. The van der Waals surface area contributed by atoms with Crippen LogP contribution in [0.4, 0.5) is 0 Å². The minimum absolute atomic E-state index is 0.000606. The highest BCUT2D eigenvalue weighted by Crippen LogP contribution is 2.16. The number of hydrogen-bond acceptors (Lipinski definition) is 2. The fraction of sp³-hybridized carbons (Fsp3) is 0.882. The van der Waals surface area contributed by atoms with E-state index in [1.807, 2.05) is 13.8 Å². The summed E-state index contributed by atoms with van der Waals surface area (Å²) < 4.78 is 0. The molecule has 0 saturated heterocycles. The van der Waals surface area contributed by atoms with Gasteiger partial charge in [-0.05, 0) is 25.1 Å². The van der Waals surface area contributed by atoms with E-state index in [1.54, 1.807) is 0 Å². The molecule has 0 spiro atoms. The molecule has 2 N–H and O–H groups in total. The summed E-state index contributed by atoms with van der Waals surface area (Å²) in [5.41, 5.74) is 0. The van der Waals surface area contributed by atoms with Crippen LogP contribution >= 0.6 is 12.2 Å². The standard InChI is InChI=1S/C17H32N2OS/c1-14(2)16(20)19-17(21)18-15-12-10-8-6-4-3-5-7-9-11-13-15/h14-15H,3-13H2,1-2H3,(H2,18,19,20,21). The molecule has 1 saturated carbocycles. The van der Waals surface area contributed by atoms with Crippen LogP contribution in [0.3, 0.4) is 0 Å². The van der Waals surface area contributed by atoms with Crippen molar-refractivity contribution in [2.75, 3.05) is 0 Å². The summed E-state index contributed by atoms with van der Waals surface area (Å²) in [6.07, 6.45) is 14.4. The Morgan fingerprint density at radius 1 is 0.905 bits per heavy atom. The minimum atomic E-state index is -0.0268. The predicted octanol–water partition coefficient (Wildman–Crippen LogP) is 4.31. The molecule has 1 rings (SSSR count). The van der Waals surface area contributed by atoms with Gasteiger partial charge in [-0.3, -0.25) is 4.79 Å². The predicted molar refractivity (Wildman–Crippen MR) is 93.3 cm³/mol. The maximum atomic E-state index is 11.7. The van der Waals surface area contributed by atoms with Gasteiger partial charge in [-0.15, -0.1) is 0 Å². The van der Waals surface area contributed by atoms with Gasteiger partial charge in [0.25, 0.3) is 0 Å². The van der Waals surface area contributed by atoms with E-state index in [1.165, 1.54) is 57.8 Å². The van der Waals surface area contributed by atoms with Gasteiger partial charge in [0.1, 0.15) is 0 Å². The first-order valence-corrected chi connectivity index (χ1v) is 9.12. The molecule has 0 aromatic rings. The van der Waals surface area contributed by atoms with Gasteiger partial charge in [0.05, 0.1) is 0 Å². The highest BCUT2D eigenvalue weighted by molar-refractivity contribution is 7.80. The van der Waals surface area contributed by atoms with Gasteiger partial charge in [0.15, 0.2) is 5.11 Å². The molecule has 0 aromatic carbocycles. The third-order valence-electron chi connectivity index (χ3n) is 4.20. The lowest BCUT2D eigenvalue weighted by Crippen LogP contribution is -2.45. The Bertz CT molecular complexity index is 306. The summed E-state index contributed by atoms with van der Waals surface area (Å²) in [4.78, 5) is 11.7. The smallest absolute Gasteiger partial charge is 0.228 e. The van der Waals surface area contributed by atoms with Crippen LogP contribution in [0.2, 0.25) is 0 Å². The van der Waals surface area contributed by atoms with Crippen LogP contribution in [-0.2, 0) is 4.79 Å². The van der Waals surface area contributed by atoms with Gasteiger partial charge in [-0.25, -0.2) is 0 Å². The zero-order valence-corrected chi connectivity index (χ0v) is 14.6. The second kappa shape index (κ2) is 11.0. The summed E-state index contributed by atoms with van der Waals surface area (Å²) in [7, 11) is 0. The molecule has 21 heavy (non-hydrogen) atoms. The van der Waals surface area contributed by atoms with E-state index in [-0.39, 0.29) is 11.8 Å². The number of nitrogens with one attached hydrogen (secondary N) is 2. The molecule has 1 amide bonds. The van der Waals surface area contributed by atoms with Crippen molar-refractivity contribution in [1.82, 2.24) is 10.6 Å². The van der Waals surface area contributed by atoms with E-state index in [2.05, 4.69) is 10.6 Å². The first-order valence-electron chi connectivity index (χ1n) is 8.71. The molecule has 1 aliphatic rings. The molecule has 1 aliphatic carbocycles. The van der Waals surface area contributed by atoms with Gasteiger partial charge in [-0.2, -0.15) is 0 Å². The molecule has 1 fully saturated rings. The second-order valence-electron chi connectivity index (χ2n) is 6.57. The molecule has 122 valence electrons. The van der Waals surface area contributed by atoms with Crippen LogP contribution < -0.4 is 10.6 Å². The van der Waals surface area contributed by atoms with Gasteiger partial charge in [0, 0.05) is 12.0 Å². The quantitative estimate of drug-likeness (QED) is 0.747. The topological polar surface area (TPSA) is 41.1 Å². The molecule has 0 unspecified atom stereocenters. The van der Waals surface area contributed by atoms with Crippen LogP contribution in [0.25, 0.3) is 0 Å². The van der Waals surface area contributed by atoms with Gasteiger partial charge >= 0.3 is 0 Å². The highest BCUT2D eigenvalue weighted by atomic mass is 32.1. The molecule has 4 heteroatoms. The summed E-state index contributed by atoms with van der Waals surface area (Å²) in [5.74, 6) is -0.0262. The van der Waals surface area contributed by atoms with E-state index in [0.29, 0.717) is 11.2 Å². The SMILES string of the molecule is CC(C)C(=O)NC(=S)NC1CCCCCCCCCCC1. The van der Waals surface area contributed by atoms with Crippen LogP contribution in [0.5, 0.6) is 0 Å². The molecule has 0 aromatic heterocycles. The number of hydrogen-bond donors (Lipinski definition) is 2. The van der Waals surface area contributed by atoms with Gasteiger partial charge < -0.3 is 10.6 Å². The van der Waals surface area contributed by atoms with Crippen LogP contribution in [0.1, 0.15) is 84.5 Å². The van der Waals surface area contributed by atoms with Crippen molar-refractivity contribution in [3.63, 3.8) is 0 Å². The van der Waals surface area contributed by atoms with E-state index in [9.17, 15) is 4.79 Å². The Labute approximate surface area is 135 Å². The maximum Gasteiger partial charge on any atom is 0.228 e. The first kappa shape index (κ1) is 18.4. The fourth-order valence-electron chi connectivity index (χ4n) is 2.79. The second-order valence-corrected chi connectivity index (χ2v) is 6.98. The third-order valence-corrected chi connectivity index (χ3v) is 4.42. The Balaban J connectivity index is 2.36. The lowest BCUT2D eigenvalue weighted by molar-refractivity contribution is -0.122. The van der Waals surface area contributed by atoms with Crippen molar-refractivity contribution < 1.29 is 4.79 Å². The van der Waals surface area contributed by atoms with Crippen LogP contribution in [-0.4, -0.2) is 17.1 Å². The normalized spacial score (nSPS) is 19.4. The zero-order chi connectivity index (χ0) is 15.5. The lowest BCUT2D eigenvalue weighted by Gasteiger charge is -2.21. The Kier molecular flexibility index (Phi) is 9.64. The third kappa shape index (κ3) is 9.07. The number of rotatable bonds is 2. The van der Waals surface area contributed by atoms with E-state index >= 15 is 0 Å². The van der Waals surface area contributed by atoms with Gasteiger partial charge in [-0.1, -0.05) is 71.6 Å². The van der Waals surface area contributed by atoms with Crippen LogP contribution in [0, 0.1) is 5.92 Å². The molecule has 0 atom stereocenters. The number of carbonyl (C=O) groups excluding carboxylic acids is 1. The lowest BCUT2D eigenvalue weighted by atomic mass is 9.98. The summed E-state index contributed by atoms with van der Waals surface area (Å²) in [6.45, 7) is 3.77. The Morgan fingerprint density at radius 3 is 1.76 bits per heavy atom. The largest absolute Gasteiger partial charge is 0.360 e. The molecule has 0 heterocycles. The Hall–Kier alpha value is -0.640. The minimum Gasteiger partial charge on any atom is -0.360 e. The zero-order valence-electron chi connectivity index (χ0n) is 13.7. The highest BCUT2D eigenvalue weighted by Gasteiger charge is 2.13. The van der Waals surface area contributed by atoms with Crippen LogP contribution in [0.15, 0.2) is 0 Å². The molecule has 0 bridgehead atoms. The van der Waals surface area contributed by atoms with Crippen molar-refractivity contribution >= 4 is 23.2 Å². The molecular formula is C17H32N2OS. The van der Waals surface area contributed by atoms with E-state index in [4.69, 9.17) is 12.2 Å². The average molecular weight is 313 g/mol. The number of carbonyl (C=O) groups is 1. The fourth-order valence-corrected chi connectivity index (χ4v) is 3.05. The van der Waals surface area contributed by atoms with Gasteiger partial charge in [0.2, 0.25) is 5.91 Å². The number of thiocarbonyl (C=S) groups is 1. The van der Waals surface area contributed by atoms with Crippen molar-refractivity contribution in [2.24, 2.45) is 5.92 Å². The maximum absolute atomic E-state index is 11.7. The van der Waals surface area contributed by atoms with Crippen molar-refractivity contribution in [3.05, 3.63) is 0 Å².